The van der Waals surface area contributed by atoms with Crippen LogP contribution >= 0.6 is 24.0 Å². The summed E-state index contributed by atoms with van der Waals surface area (Å²) in [4.78, 5) is 8.33. The second-order valence-electron chi connectivity index (χ2n) is 5.37. The molecule has 0 atom stereocenters. The molecule has 2 N–H and O–H groups in total. The number of pyridine rings is 1. The summed E-state index contributed by atoms with van der Waals surface area (Å²) in [5, 5.41) is 6.31. The number of guanidine groups is 1. The topological polar surface area (TPSA) is 49.3 Å². The summed E-state index contributed by atoms with van der Waals surface area (Å²) in [7, 11) is 0. The second kappa shape index (κ2) is 11.0. The monoisotopic (exact) mass is 460 g/mol. The number of aromatic nitrogens is 1. The van der Waals surface area contributed by atoms with Crippen LogP contribution in [0.15, 0.2) is 41.5 Å². The van der Waals surface area contributed by atoms with E-state index < -0.39 is 0 Å². The molecule has 0 saturated heterocycles. The Morgan fingerprint density at radius 2 is 2.00 bits per heavy atom. The molecule has 2 aromatic rings. The minimum Gasteiger partial charge on any atom is -0.357 e. The molecule has 1 heterocycles. The molecule has 0 amide bonds. The maximum Gasteiger partial charge on any atom is 0.191 e. The predicted molar refractivity (Wildman–Crippen MR) is 107 cm³/mol. The lowest BCUT2D eigenvalue weighted by atomic mass is 10.1. The molecule has 7 heteroatoms. The summed E-state index contributed by atoms with van der Waals surface area (Å²) in [5.41, 5.74) is 2.31. The highest BCUT2D eigenvalue weighted by atomic mass is 127. The normalized spacial score (nSPS) is 11.0. The molecule has 0 bridgehead atoms. The van der Waals surface area contributed by atoms with Crippen LogP contribution in [0.5, 0.6) is 0 Å². The summed E-state index contributed by atoms with van der Waals surface area (Å²) in [6, 6.07) is 7.70. The van der Waals surface area contributed by atoms with Gasteiger partial charge in [-0.2, -0.15) is 0 Å². The van der Waals surface area contributed by atoms with E-state index in [9.17, 15) is 8.78 Å². The Morgan fingerprint density at radius 1 is 1.20 bits per heavy atom. The minimum atomic E-state index is -0.362. The lowest BCUT2D eigenvalue weighted by molar-refractivity contribution is 0.599. The molecule has 0 unspecified atom stereocenters. The van der Waals surface area contributed by atoms with Gasteiger partial charge >= 0.3 is 0 Å². The van der Waals surface area contributed by atoms with Crippen molar-refractivity contribution < 1.29 is 8.78 Å². The van der Waals surface area contributed by atoms with Crippen molar-refractivity contribution in [2.24, 2.45) is 4.99 Å². The van der Waals surface area contributed by atoms with Gasteiger partial charge in [-0.1, -0.05) is 6.07 Å². The van der Waals surface area contributed by atoms with Crippen LogP contribution in [-0.4, -0.2) is 24.0 Å². The van der Waals surface area contributed by atoms with Gasteiger partial charge < -0.3 is 10.6 Å². The van der Waals surface area contributed by atoms with Gasteiger partial charge in [-0.15, -0.1) is 24.0 Å². The van der Waals surface area contributed by atoms with Gasteiger partial charge in [-0.05, 0) is 55.7 Å². The van der Waals surface area contributed by atoms with Crippen molar-refractivity contribution in [2.75, 3.05) is 13.1 Å². The van der Waals surface area contributed by atoms with Crippen LogP contribution < -0.4 is 10.6 Å². The van der Waals surface area contributed by atoms with Gasteiger partial charge in [0.05, 0.1) is 12.2 Å². The van der Waals surface area contributed by atoms with Gasteiger partial charge in [0, 0.05) is 19.3 Å². The summed E-state index contributed by atoms with van der Waals surface area (Å²) in [5.74, 6) is 0.0119. The first-order chi connectivity index (χ1) is 11.6. The molecule has 0 spiro atoms. The summed E-state index contributed by atoms with van der Waals surface area (Å²) >= 11 is 0. The molecule has 0 aliphatic heterocycles. The number of benzene rings is 1. The molecule has 4 nitrogen and oxygen atoms in total. The van der Waals surface area contributed by atoms with Crippen molar-refractivity contribution >= 4 is 29.9 Å². The third-order valence-corrected chi connectivity index (χ3v) is 3.56. The van der Waals surface area contributed by atoms with Crippen LogP contribution in [0.3, 0.4) is 0 Å². The van der Waals surface area contributed by atoms with Gasteiger partial charge in [0.2, 0.25) is 0 Å². The van der Waals surface area contributed by atoms with Crippen molar-refractivity contribution in [1.82, 2.24) is 15.6 Å². The van der Waals surface area contributed by atoms with Gasteiger partial charge in [0.25, 0.3) is 0 Å². The highest BCUT2D eigenvalue weighted by Gasteiger charge is 2.04. The highest BCUT2D eigenvalue weighted by Crippen LogP contribution is 2.10. The third-order valence-electron chi connectivity index (χ3n) is 3.56. The van der Waals surface area contributed by atoms with Crippen LogP contribution in [0.1, 0.15) is 23.7 Å². The van der Waals surface area contributed by atoms with Crippen molar-refractivity contribution in [1.29, 1.82) is 0 Å². The molecule has 0 aliphatic carbocycles. The Balaban J connectivity index is 0.00000312. The average Bonchev–Trinajstić information content (AvgIpc) is 2.56. The van der Waals surface area contributed by atoms with Crippen LogP contribution in [0.2, 0.25) is 0 Å². The summed E-state index contributed by atoms with van der Waals surface area (Å²) in [6.07, 6.45) is 2.29. The van der Waals surface area contributed by atoms with E-state index in [1.54, 1.807) is 18.3 Å². The van der Waals surface area contributed by atoms with E-state index in [1.165, 1.54) is 18.2 Å². The standard InChI is InChI=1S/C18H22F2N4.HI/c1-3-21-18(24-12-17-16(20)5-4-9-22-17)23-10-8-14-6-7-15(19)11-13(14)2;/h4-7,9,11H,3,8,10,12H2,1-2H3,(H2,21,23,24);1H. The van der Waals surface area contributed by atoms with E-state index in [4.69, 9.17) is 0 Å². The molecule has 2 rings (SSSR count). The zero-order valence-electron chi connectivity index (χ0n) is 14.4. The second-order valence-corrected chi connectivity index (χ2v) is 5.37. The SMILES string of the molecule is CCNC(=NCc1ncccc1F)NCCc1ccc(F)cc1C.I. The Bertz CT molecular complexity index is 707. The Hall–Kier alpha value is -1.77. The number of aryl methyl sites for hydroxylation is 1. The molecule has 0 fully saturated rings. The lowest BCUT2D eigenvalue weighted by Crippen LogP contribution is -2.38. The van der Waals surface area contributed by atoms with Gasteiger partial charge in [-0.25, -0.2) is 13.8 Å². The third kappa shape index (κ3) is 6.93. The molecule has 0 saturated carbocycles. The number of nitrogens with zero attached hydrogens (tertiary/aromatic N) is 2. The Morgan fingerprint density at radius 3 is 2.68 bits per heavy atom. The van der Waals surface area contributed by atoms with Crippen LogP contribution in [-0.2, 0) is 13.0 Å². The molecule has 25 heavy (non-hydrogen) atoms. The fourth-order valence-electron chi connectivity index (χ4n) is 2.29. The first-order valence-corrected chi connectivity index (χ1v) is 7.96. The van der Waals surface area contributed by atoms with E-state index in [-0.39, 0.29) is 42.2 Å². The first kappa shape index (κ1) is 21.3. The number of hydrogen-bond donors (Lipinski definition) is 2. The van der Waals surface area contributed by atoms with E-state index in [0.29, 0.717) is 24.7 Å². The molecule has 0 radical (unpaired) electrons. The van der Waals surface area contributed by atoms with Crippen molar-refractivity contribution in [3.05, 3.63) is 65.0 Å². The Kier molecular flexibility index (Phi) is 9.33. The quantitative estimate of drug-likeness (QED) is 0.394. The predicted octanol–water partition coefficient (Wildman–Crippen LogP) is 3.58. The largest absolute Gasteiger partial charge is 0.357 e. The van der Waals surface area contributed by atoms with Gasteiger partial charge in [-0.3, -0.25) is 4.98 Å². The average molecular weight is 460 g/mol. The minimum absolute atomic E-state index is 0. The summed E-state index contributed by atoms with van der Waals surface area (Å²) < 4.78 is 26.7. The first-order valence-electron chi connectivity index (χ1n) is 7.96. The number of aliphatic imine (C=N–C) groups is 1. The smallest absolute Gasteiger partial charge is 0.191 e. The number of nitrogens with one attached hydrogen (secondary N) is 2. The Labute approximate surface area is 164 Å². The molecule has 136 valence electrons. The van der Waals surface area contributed by atoms with Crippen LogP contribution in [0.4, 0.5) is 8.78 Å². The zero-order valence-corrected chi connectivity index (χ0v) is 16.7. The molecule has 0 aliphatic rings. The fraction of sp³-hybridized carbons (Fsp3) is 0.333. The fourth-order valence-corrected chi connectivity index (χ4v) is 2.29. The van der Waals surface area contributed by atoms with Crippen LogP contribution in [0, 0.1) is 18.6 Å². The maximum absolute atomic E-state index is 13.6. The lowest BCUT2D eigenvalue weighted by Gasteiger charge is -2.12. The van der Waals surface area contributed by atoms with Gasteiger partial charge in [0.15, 0.2) is 5.96 Å². The van der Waals surface area contributed by atoms with Crippen molar-refractivity contribution in [2.45, 2.75) is 26.8 Å². The number of hydrogen-bond acceptors (Lipinski definition) is 2. The molecular weight excluding hydrogens is 437 g/mol. The highest BCUT2D eigenvalue weighted by molar-refractivity contribution is 14.0. The van der Waals surface area contributed by atoms with E-state index >= 15 is 0 Å². The molecular formula is C18H23F2IN4. The number of rotatable bonds is 6. The molecule has 1 aromatic carbocycles. The summed E-state index contributed by atoms with van der Waals surface area (Å²) in [6.45, 7) is 5.36. The zero-order chi connectivity index (χ0) is 17.4. The van der Waals surface area contributed by atoms with E-state index in [1.807, 2.05) is 13.8 Å². The van der Waals surface area contributed by atoms with Crippen LogP contribution in [0.25, 0.3) is 0 Å². The van der Waals surface area contributed by atoms with Crippen molar-refractivity contribution in [3.63, 3.8) is 0 Å². The van der Waals surface area contributed by atoms with E-state index in [0.717, 1.165) is 17.5 Å². The van der Waals surface area contributed by atoms with Gasteiger partial charge in [0.1, 0.15) is 11.6 Å². The maximum atomic E-state index is 13.6. The number of halogens is 3. The van der Waals surface area contributed by atoms with Crippen molar-refractivity contribution in [3.8, 4) is 0 Å². The molecule has 1 aromatic heterocycles. The van der Waals surface area contributed by atoms with E-state index in [2.05, 4.69) is 20.6 Å².